The zero-order valence-corrected chi connectivity index (χ0v) is 6.36. The van der Waals surface area contributed by atoms with Crippen LogP contribution < -0.4 is 16.9 Å². The summed E-state index contributed by atoms with van der Waals surface area (Å²) in [5.74, 6) is -0.474. The molecule has 5 nitrogen and oxygen atoms in total. The minimum Gasteiger partial charge on any atom is -0.394 e. The van der Waals surface area contributed by atoms with Crippen molar-refractivity contribution in [1.82, 2.24) is 4.57 Å². The fraction of sp³-hybridized carbons (Fsp3) is 0.143. The highest BCUT2D eigenvalue weighted by atomic mass is 16.1. The van der Waals surface area contributed by atoms with E-state index in [2.05, 4.69) is 0 Å². The summed E-state index contributed by atoms with van der Waals surface area (Å²) >= 11 is 0. The van der Waals surface area contributed by atoms with Gasteiger partial charge in [0.2, 0.25) is 11.3 Å². The molecule has 0 aliphatic rings. The second kappa shape index (κ2) is 3.08. The van der Waals surface area contributed by atoms with E-state index in [1.54, 1.807) is 0 Å². The van der Waals surface area contributed by atoms with E-state index in [0.717, 1.165) is 0 Å². The lowest BCUT2D eigenvalue weighted by Crippen LogP contribution is -2.20. The molecule has 1 heterocycles. The lowest BCUT2D eigenvalue weighted by molar-refractivity contribution is -0.118. The van der Waals surface area contributed by atoms with Crippen molar-refractivity contribution in [3.05, 3.63) is 28.7 Å². The van der Waals surface area contributed by atoms with Gasteiger partial charge in [-0.25, -0.2) is 0 Å². The van der Waals surface area contributed by atoms with Gasteiger partial charge in [-0.15, -0.1) is 0 Å². The molecule has 0 atom stereocenters. The monoisotopic (exact) mass is 167 g/mol. The molecule has 0 saturated carbocycles. The number of hydrogen-bond acceptors (Lipinski definition) is 3. The summed E-state index contributed by atoms with van der Waals surface area (Å²) in [6, 6.07) is 1.29. The predicted molar refractivity (Wildman–Crippen MR) is 44.3 cm³/mol. The summed E-state index contributed by atoms with van der Waals surface area (Å²) in [5, 5.41) is 0. The van der Waals surface area contributed by atoms with Gasteiger partial charge < -0.3 is 16.0 Å². The number of pyridine rings is 1. The maximum atomic E-state index is 10.8. The van der Waals surface area contributed by atoms with Crippen molar-refractivity contribution in [2.24, 2.45) is 5.73 Å². The van der Waals surface area contributed by atoms with Crippen molar-refractivity contribution < 1.29 is 4.79 Å². The Morgan fingerprint density at radius 1 is 1.58 bits per heavy atom. The summed E-state index contributed by atoms with van der Waals surface area (Å²) in [6.07, 6.45) is 2.84. The van der Waals surface area contributed by atoms with Crippen LogP contribution in [0.4, 0.5) is 5.69 Å². The standard InChI is InChI=1S/C7H9N3O2/c8-5-3-10(4-7(9)12)2-1-6(5)11/h1-3H,4,8H2,(H2,9,12). The highest BCUT2D eigenvalue weighted by Gasteiger charge is 1.97. The number of rotatable bonds is 2. The van der Waals surface area contributed by atoms with Crippen molar-refractivity contribution in [3.63, 3.8) is 0 Å². The molecular weight excluding hydrogens is 158 g/mol. The number of nitrogens with zero attached hydrogens (tertiary/aromatic N) is 1. The van der Waals surface area contributed by atoms with E-state index < -0.39 is 5.91 Å². The van der Waals surface area contributed by atoms with Gasteiger partial charge in [-0.2, -0.15) is 0 Å². The molecule has 1 rings (SSSR count). The average molecular weight is 167 g/mol. The first kappa shape index (κ1) is 8.32. The average Bonchev–Trinajstić information content (AvgIpc) is 1.96. The Hall–Kier alpha value is -1.78. The van der Waals surface area contributed by atoms with E-state index in [-0.39, 0.29) is 17.7 Å². The summed E-state index contributed by atoms with van der Waals surface area (Å²) in [6.45, 7) is 0.0322. The molecule has 64 valence electrons. The van der Waals surface area contributed by atoms with Gasteiger partial charge >= 0.3 is 0 Å². The van der Waals surface area contributed by atoms with E-state index in [0.29, 0.717) is 0 Å². The SMILES string of the molecule is NC(=O)Cn1ccc(=O)c(N)c1. The zero-order chi connectivity index (χ0) is 9.14. The minimum absolute atomic E-state index is 0.0322. The third-order valence-corrected chi connectivity index (χ3v) is 1.35. The summed E-state index contributed by atoms with van der Waals surface area (Å²) in [5.41, 5.74) is 10.1. The van der Waals surface area contributed by atoms with Gasteiger partial charge in [0.15, 0.2) is 0 Å². The number of anilines is 1. The van der Waals surface area contributed by atoms with Crippen LogP contribution in [0.3, 0.4) is 0 Å². The van der Waals surface area contributed by atoms with E-state index in [4.69, 9.17) is 11.5 Å². The van der Waals surface area contributed by atoms with Crippen molar-refractivity contribution in [3.8, 4) is 0 Å². The molecule has 12 heavy (non-hydrogen) atoms. The molecule has 1 aromatic heterocycles. The molecule has 0 aliphatic carbocycles. The van der Waals surface area contributed by atoms with Crippen molar-refractivity contribution >= 4 is 11.6 Å². The lowest BCUT2D eigenvalue weighted by atomic mass is 10.4. The number of nitrogens with two attached hydrogens (primary N) is 2. The van der Waals surface area contributed by atoms with Gasteiger partial charge in [-0.05, 0) is 0 Å². The van der Waals surface area contributed by atoms with Crippen molar-refractivity contribution in [1.29, 1.82) is 0 Å². The Kier molecular flexibility index (Phi) is 2.14. The quantitative estimate of drug-likeness (QED) is 0.586. The van der Waals surface area contributed by atoms with Crippen LogP contribution in [0.15, 0.2) is 23.3 Å². The smallest absolute Gasteiger partial charge is 0.237 e. The van der Waals surface area contributed by atoms with Crippen LogP contribution in [0.2, 0.25) is 0 Å². The number of carbonyl (C=O) groups is 1. The third kappa shape index (κ3) is 1.85. The first-order valence-corrected chi connectivity index (χ1v) is 3.33. The normalized spacial score (nSPS) is 9.67. The highest BCUT2D eigenvalue weighted by Crippen LogP contribution is 1.91. The van der Waals surface area contributed by atoms with Crippen LogP contribution in [0.25, 0.3) is 0 Å². The molecule has 0 aliphatic heterocycles. The Labute approximate surface area is 68.6 Å². The Morgan fingerprint density at radius 2 is 2.25 bits per heavy atom. The second-order valence-electron chi connectivity index (χ2n) is 2.40. The van der Waals surface area contributed by atoms with Gasteiger partial charge in [-0.1, -0.05) is 0 Å². The molecule has 5 heteroatoms. The molecule has 1 amide bonds. The largest absolute Gasteiger partial charge is 0.394 e. The molecule has 0 radical (unpaired) electrons. The maximum Gasteiger partial charge on any atom is 0.237 e. The van der Waals surface area contributed by atoms with Crippen LogP contribution in [-0.4, -0.2) is 10.5 Å². The molecule has 0 spiro atoms. The van der Waals surface area contributed by atoms with Gasteiger partial charge in [0.25, 0.3) is 0 Å². The molecule has 0 bridgehead atoms. The van der Waals surface area contributed by atoms with E-state index >= 15 is 0 Å². The maximum absolute atomic E-state index is 10.8. The Balaban J connectivity index is 2.97. The summed E-state index contributed by atoms with van der Waals surface area (Å²) in [4.78, 5) is 21.2. The van der Waals surface area contributed by atoms with Crippen LogP contribution in [-0.2, 0) is 11.3 Å². The van der Waals surface area contributed by atoms with E-state index in [1.165, 1.54) is 23.0 Å². The molecule has 0 saturated heterocycles. The van der Waals surface area contributed by atoms with Crippen molar-refractivity contribution in [2.45, 2.75) is 6.54 Å². The van der Waals surface area contributed by atoms with Gasteiger partial charge in [0.1, 0.15) is 6.54 Å². The van der Waals surface area contributed by atoms with Crippen LogP contribution >= 0.6 is 0 Å². The van der Waals surface area contributed by atoms with Gasteiger partial charge in [-0.3, -0.25) is 9.59 Å². The first-order valence-electron chi connectivity index (χ1n) is 3.33. The number of primary amides is 1. The van der Waals surface area contributed by atoms with Crippen LogP contribution in [0.5, 0.6) is 0 Å². The molecule has 0 aromatic carbocycles. The fourth-order valence-corrected chi connectivity index (χ4v) is 0.823. The lowest BCUT2D eigenvalue weighted by Gasteiger charge is -2.02. The number of aromatic nitrogens is 1. The number of amides is 1. The van der Waals surface area contributed by atoms with Crippen LogP contribution in [0.1, 0.15) is 0 Å². The molecule has 0 fully saturated rings. The summed E-state index contributed by atoms with van der Waals surface area (Å²) in [7, 11) is 0. The topological polar surface area (TPSA) is 91.1 Å². The number of nitrogen functional groups attached to an aromatic ring is 1. The van der Waals surface area contributed by atoms with Gasteiger partial charge in [0.05, 0.1) is 5.69 Å². The Bertz CT molecular complexity index is 356. The molecular formula is C7H9N3O2. The number of carbonyl (C=O) groups excluding carboxylic acids is 1. The van der Waals surface area contributed by atoms with E-state index in [1.807, 2.05) is 0 Å². The summed E-state index contributed by atoms with van der Waals surface area (Å²) < 4.78 is 1.46. The van der Waals surface area contributed by atoms with Gasteiger partial charge in [0, 0.05) is 18.5 Å². The molecule has 0 unspecified atom stereocenters. The molecule has 4 N–H and O–H groups in total. The number of hydrogen-bond donors (Lipinski definition) is 2. The predicted octanol–water partition coefficient (Wildman–Crippen LogP) is -1.08. The first-order chi connectivity index (χ1) is 5.59. The third-order valence-electron chi connectivity index (χ3n) is 1.35. The minimum atomic E-state index is -0.474. The van der Waals surface area contributed by atoms with E-state index in [9.17, 15) is 9.59 Å². The Morgan fingerprint density at radius 3 is 2.75 bits per heavy atom. The fourth-order valence-electron chi connectivity index (χ4n) is 0.823. The second-order valence-corrected chi connectivity index (χ2v) is 2.40. The highest BCUT2D eigenvalue weighted by molar-refractivity contribution is 5.73. The zero-order valence-electron chi connectivity index (χ0n) is 6.36. The van der Waals surface area contributed by atoms with Crippen molar-refractivity contribution in [2.75, 3.05) is 5.73 Å². The van der Waals surface area contributed by atoms with Crippen LogP contribution in [0, 0.1) is 0 Å². The molecule has 1 aromatic rings.